The Morgan fingerprint density at radius 1 is 1.48 bits per heavy atom. The third-order valence-corrected chi connectivity index (χ3v) is 6.03. The number of alkyl halides is 2. The maximum absolute atomic E-state index is 13.5. The number of sulfonamides is 1. The van der Waals surface area contributed by atoms with E-state index in [1.807, 2.05) is 0 Å². The van der Waals surface area contributed by atoms with Crippen LogP contribution in [0.4, 0.5) is 8.78 Å². The van der Waals surface area contributed by atoms with Gasteiger partial charge < -0.3 is 5.73 Å². The Labute approximate surface area is 129 Å². The molecule has 1 unspecified atom stereocenters. The molecule has 1 aliphatic rings. The molecule has 0 saturated carbocycles. The number of halogens is 3. The number of primary amides is 1. The lowest BCUT2D eigenvalue weighted by molar-refractivity contribution is -0.121. The summed E-state index contributed by atoms with van der Waals surface area (Å²) in [6.45, 7) is 0.630. The van der Waals surface area contributed by atoms with Crippen LogP contribution < -0.4 is 5.73 Å². The summed E-state index contributed by atoms with van der Waals surface area (Å²) in [5.41, 5.74) is 5.69. The topological polar surface area (TPSA) is 80.5 Å². The number of amides is 1. The molecule has 1 aromatic carbocycles. The molecule has 9 heteroatoms. The average molecular weight is 383 g/mol. The van der Waals surface area contributed by atoms with Crippen LogP contribution in [0.25, 0.3) is 0 Å². The summed E-state index contributed by atoms with van der Waals surface area (Å²) in [6.07, 6.45) is -0.892. The highest BCUT2D eigenvalue weighted by Gasteiger charge is 2.52. The van der Waals surface area contributed by atoms with Gasteiger partial charge >= 0.3 is 0 Å². The monoisotopic (exact) mass is 382 g/mol. The van der Waals surface area contributed by atoms with E-state index in [1.54, 1.807) is 6.92 Å². The molecular weight excluding hydrogens is 370 g/mol. The highest BCUT2D eigenvalue weighted by Crippen LogP contribution is 2.36. The van der Waals surface area contributed by atoms with E-state index in [0.29, 0.717) is 14.3 Å². The van der Waals surface area contributed by atoms with Gasteiger partial charge in [0.15, 0.2) is 0 Å². The lowest BCUT2D eigenvalue weighted by atomic mass is 10.2. The number of carbonyl (C=O) groups excluding carboxylic acids is 1. The zero-order valence-corrected chi connectivity index (χ0v) is 13.4. The molecule has 1 heterocycles. The lowest BCUT2D eigenvalue weighted by Crippen LogP contribution is -2.43. The van der Waals surface area contributed by atoms with Crippen LogP contribution >= 0.6 is 15.9 Å². The Balaban J connectivity index is 2.47. The van der Waals surface area contributed by atoms with E-state index in [0.717, 1.165) is 0 Å². The summed E-state index contributed by atoms with van der Waals surface area (Å²) in [7, 11) is -4.21. The predicted molar refractivity (Wildman–Crippen MR) is 75.3 cm³/mol. The standard InChI is InChI=1S/C12H13BrF2N2O3S/c1-7-4-8(2-3-9(7)13)21(19,20)17-6-12(14,15)5-10(17)11(16)18/h2-4,10H,5-6H2,1H3,(H2,16,18). The highest BCUT2D eigenvalue weighted by atomic mass is 79.9. The lowest BCUT2D eigenvalue weighted by Gasteiger charge is -2.21. The number of hydrogen-bond acceptors (Lipinski definition) is 3. The van der Waals surface area contributed by atoms with Crippen molar-refractivity contribution in [1.82, 2.24) is 4.31 Å². The number of rotatable bonds is 3. The van der Waals surface area contributed by atoms with Gasteiger partial charge in [-0.2, -0.15) is 4.31 Å². The van der Waals surface area contributed by atoms with Crippen molar-refractivity contribution in [2.45, 2.75) is 30.2 Å². The van der Waals surface area contributed by atoms with Crippen molar-refractivity contribution < 1.29 is 22.0 Å². The molecule has 1 atom stereocenters. The fourth-order valence-electron chi connectivity index (χ4n) is 2.20. The van der Waals surface area contributed by atoms with Gasteiger partial charge in [0, 0.05) is 10.9 Å². The Morgan fingerprint density at radius 3 is 2.62 bits per heavy atom. The molecule has 21 heavy (non-hydrogen) atoms. The van der Waals surface area contributed by atoms with Crippen LogP contribution in [0.15, 0.2) is 27.6 Å². The van der Waals surface area contributed by atoms with Crippen molar-refractivity contribution in [1.29, 1.82) is 0 Å². The van der Waals surface area contributed by atoms with Gasteiger partial charge in [-0.25, -0.2) is 17.2 Å². The fourth-order valence-corrected chi connectivity index (χ4v) is 4.15. The molecule has 1 saturated heterocycles. The zero-order chi connectivity index (χ0) is 16.0. The molecule has 1 amide bonds. The first-order valence-electron chi connectivity index (χ1n) is 6.00. The van der Waals surface area contributed by atoms with Crippen molar-refractivity contribution >= 4 is 31.9 Å². The summed E-state index contributed by atoms with van der Waals surface area (Å²) >= 11 is 3.23. The minimum absolute atomic E-state index is 0.146. The molecule has 0 aliphatic carbocycles. The van der Waals surface area contributed by atoms with Crippen molar-refractivity contribution in [2.24, 2.45) is 5.73 Å². The summed E-state index contributed by atoms with van der Waals surface area (Å²) in [5, 5.41) is 0. The molecule has 2 N–H and O–H groups in total. The molecule has 116 valence electrons. The molecule has 0 bridgehead atoms. The second-order valence-corrected chi connectivity index (χ2v) is 7.68. The van der Waals surface area contributed by atoms with E-state index < -0.39 is 40.9 Å². The van der Waals surface area contributed by atoms with Crippen LogP contribution in [0.3, 0.4) is 0 Å². The molecule has 1 fully saturated rings. The summed E-state index contributed by atoms with van der Waals surface area (Å²) in [4.78, 5) is 11.1. The Kier molecular flexibility index (Phi) is 4.11. The summed E-state index contributed by atoms with van der Waals surface area (Å²) in [6, 6.07) is 2.62. The second kappa shape index (κ2) is 5.29. The minimum atomic E-state index is -4.21. The van der Waals surface area contributed by atoms with Gasteiger partial charge in [0.2, 0.25) is 15.9 Å². The first-order chi connectivity index (χ1) is 9.54. The van der Waals surface area contributed by atoms with Crippen LogP contribution in [0.5, 0.6) is 0 Å². The van der Waals surface area contributed by atoms with Crippen molar-refractivity contribution in [2.75, 3.05) is 6.54 Å². The van der Waals surface area contributed by atoms with Crippen LogP contribution in [0.1, 0.15) is 12.0 Å². The molecule has 0 spiro atoms. The number of nitrogens with zero attached hydrogens (tertiary/aromatic N) is 1. The predicted octanol–water partition coefficient (Wildman–Crippen LogP) is 1.64. The van der Waals surface area contributed by atoms with Crippen LogP contribution in [0, 0.1) is 6.92 Å². The first kappa shape index (κ1) is 16.3. The normalized spacial score (nSPS) is 22.4. The van der Waals surface area contributed by atoms with Gasteiger partial charge in [0.05, 0.1) is 11.4 Å². The second-order valence-electron chi connectivity index (χ2n) is 4.94. The van der Waals surface area contributed by atoms with Gasteiger partial charge in [-0.05, 0) is 30.7 Å². The molecule has 5 nitrogen and oxygen atoms in total. The van der Waals surface area contributed by atoms with Gasteiger partial charge in [-0.3, -0.25) is 4.79 Å². The van der Waals surface area contributed by atoms with Crippen LogP contribution in [-0.2, 0) is 14.8 Å². The number of hydrogen-bond donors (Lipinski definition) is 1. The van der Waals surface area contributed by atoms with Crippen LogP contribution in [-0.4, -0.2) is 37.1 Å². The first-order valence-corrected chi connectivity index (χ1v) is 8.23. The number of aryl methyl sites for hydroxylation is 1. The van der Waals surface area contributed by atoms with Crippen molar-refractivity contribution in [3.8, 4) is 0 Å². The molecule has 0 aromatic heterocycles. The highest BCUT2D eigenvalue weighted by molar-refractivity contribution is 9.10. The number of benzene rings is 1. The van der Waals surface area contributed by atoms with E-state index in [1.165, 1.54) is 18.2 Å². The third kappa shape index (κ3) is 3.09. The van der Waals surface area contributed by atoms with Crippen molar-refractivity contribution in [3.05, 3.63) is 28.2 Å². The van der Waals surface area contributed by atoms with E-state index in [-0.39, 0.29) is 4.90 Å². The van der Waals surface area contributed by atoms with Gasteiger partial charge in [0.25, 0.3) is 5.92 Å². The Bertz CT molecular complexity index is 694. The molecule has 0 radical (unpaired) electrons. The molecule has 1 aliphatic heterocycles. The van der Waals surface area contributed by atoms with Gasteiger partial charge in [-0.1, -0.05) is 15.9 Å². The van der Waals surface area contributed by atoms with E-state index in [4.69, 9.17) is 5.73 Å². The van der Waals surface area contributed by atoms with Gasteiger partial charge in [0.1, 0.15) is 6.04 Å². The van der Waals surface area contributed by atoms with E-state index >= 15 is 0 Å². The SMILES string of the molecule is Cc1cc(S(=O)(=O)N2CC(F)(F)CC2C(N)=O)ccc1Br. The summed E-state index contributed by atoms with van der Waals surface area (Å²) in [5.74, 6) is -4.35. The van der Waals surface area contributed by atoms with E-state index in [9.17, 15) is 22.0 Å². The largest absolute Gasteiger partial charge is 0.368 e. The number of nitrogens with two attached hydrogens (primary N) is 1. The minimum Gasteiger partial charge on any atom is -0.368 e. The maximum atomic E-state index is 13.5. The number of carbonyl (C=O) groups is 1. The Morgan fingerprint density at radius 2 is 2.10 bits per heavy atom. The van der Waals surface area contributed by atoms with Crippen LogP contribution in [0.2, 0.25) is 0 Å². The molecular formula is C12H13BrF2N2O3S. The zero-order valence-electron chi connectivity index (χ0n) is 11.0. The van der Waals surface area contributed by atoms with Crippen molar-refractivity contribution in [3.63, 3.8) is 0 Å². The third-order valence-electron chi connectivity index (χ3n) is 3.29. The molecule has 2 rings (SSSR count). The van der Waals surface area contributed by atoms with Gasteiger partial charge in [-0.15, -0.1) is 0 Å². The van der Waals surface area contributed by atoms with E-state index in [2.05, 4.69) is 15.9 Å². The quantitative estimate of drug-likeness (QED) is 0.862. The summed E-state index contributed by atoms with van der Waals surface area (Å²) < 4.78 is 53.1. The fraction of sp³-hybridized carbons (Fsp3) is 0.417. The average Bonchev–Trinajstić information content (AvgIpc) is 2.69. The maximum Gasteiger partial charge on any atom is 0.263 e. The smallest absolute Gasteiger partial charge is 0.263 e. The molecule has 1 aromatic rings. The Hall–Kier alpha value is -1.06.